The lowest BCUT2D eigenvalue weighted by Gasteiger charge is -2.25. The third-order valence-electron chi connectivity index (χ3n) is 4.52. The van der Waals surface area contributed by atoms with Gasteiger partial charge in [-0.2, -0.15) is 5.10 Å². The van der Waals surface area contributed by atoms with E-state index >= 15 is 0 Å². The van der Waals surface area contributed by atoms with Gasteiger partial charge in [0.2, 0.25) is 0 Å². The second kappa shape index (κ2) is 8.73. The van der Waals surface area contributed by atoms with Gasteiger partial charge in [0, 0.05) is 45.4 Å². The maximum absolute atomic E-state index is 9.75. The Bertz CT molecular complexity index is 776. The van der Waals surface area contributed by atoms with E-state index in [-0.39, 0.29) is 12.0 Å². The number of aromatic nitrogens is 4. The van der Waals surface area contributed by atoms with Gasteiger partial charge in [0.25, 0.3) is 11.9 Å². The molecule has 0 bridgehead atoms. The van der Waals surface area contributed by atoms with Crippen LogP contribution >= 0.6 is 0 Å². The van der Waals surface area contributed by atoms with Gasteiger partial charge in [-0.05, 0) is 5.92 Å². The molecule has 2 atom stereocenters. The second-order valence-corrected chi connectivity index (χ2v) is 6.60. The Balaban J connectivity index is 0.000000281. The molecule has 2 unspecified atom stereocenters. The molecule has 27 heavy (non-hydrogen) atoms. The highest BCUT2D eigenvalue weighted by Gasteiger charge is 2.49. The zero-order chi connectivity index (χ0) is 20.0. The number of anilines is 1. The molecule has 0 saturated carbocycles. The molecule has 5 N–H and O–H groups in total. The fourth-order valence-electron chi connectivity index (χ4n) is 3.41. The highest BCUT2D eigenvalue weighted by molar-refractivity contribution is 5.86. The van der Waals surface area contributed by atoms with Gasteiger partial charge < -0.3 is 25.5 Å². The number of aliphatic hydroxyl groups is 1. The number of aliphatic carboxylic acids is 2. The van der Waals surface area contributed by atoms with E-state index in [1.807, 2.05) is 0 Å². The summed E-state index contributed by atoms with van der Waals surface area (Å²) in [6, 6.07) is 0. The van der Waals surface area contributed by atoms with Crippen molar-refractivity contribution in [1.82, 2.24) is 25.5 Å². The number of nitrogens with zero attached hydrogens (tertiary/aromatic N) is 4. The Morgan fingerprint density at radius 2 is 1.96 bits per heavy atom. The van der Waals surface area contributed by atoms with Crippen molar-refractivity contribution in [1.29, 1.82) is 0 Å². The molecule has 0 aromatic carbocycles. The summed E-state index contributed by atoms with van der Waals surface area (Å²) < 4.78 is 0. The average Bonchev–Trinajstić information content (AvgIpc) is 3.27. The smallest absolute Gasteiger partial charge is 0.300 e. The third-order valence-corrected chi connectivity index (χ3v) is 4.52. The molecule has 148 valence electrons. The number of hydrogen-bond donors (Lipinski definition) is 5. The summed E-state index contributed by atoms with van der Waals surface area (Å²) in [5.74, 6) is -0.268. The highest BCUT2D eigenvalue weighted by Crippen LogP contribution is 2.40. The Kier molecular flexibility index (Phi) is 6.64. The second-order valence-electron chi connectivity index (χ2n) is 6.60. The van der Waals surface area contributed by atoms with Crippen molar-refractivity contribution in [2.75, 3.05) is 37.7 Å². The van der Waals surface area contributed by atoms with Gasteiger partial charge in [-0.25, -0.2) is 9.97 Å². The monoisotopic (exact) mass is 380 g/mol. The van der Waals surface area contributed by atoms with Crippen LogP contribution in [-0.2, 0) is 9.59 Å². The van der Waals surface area contributed by atoms with Crippen LogP contribution in [0.15, 0.2) is 12.5 Å². The largest absolute Gasteiger partial charge is 0.481 e. The topological polar surface area (TPSA) is 165 Å². The number of aliphatic hydroxyl groups excluding tert-OH is 1. The summed E-state index contributed by atoms with van der Waals surface area (Å²) in [6.07, 6.45) is 3.33. The normalized spacial score (nSPS) is 23.1. The van der Waals surface area contributed by atoms with E-state index in [0.717, 1.165) is 56.9 Å². The molecule has 0 aliphatic carbocycles. The van der Waals surface area contributed by atoms with Crippen LogP contribution in [0, 0.1) is 11.3 Å². The predicted octanol–water partition coefficient (Wildman–Crippen LogP) is -0.447. The summed E-state index contributed by atoms with van der Waals surface area (Å²) in [4.78, 5) is 28.8. The minimum absolute atomic E-state index is 0.0268. The number of carbonyl (C=O) groups is 2. The van der Waals surface area contributed by atoms with Crippen LogP contribution < -0.4 is 10.2 Å². The zero-order valence-corrected chi connectivity index (χ0v) is 15.2. The third kappa shape index (κ3) is 4.89. The Labute approximate surface area is 155 Å². The average molecular weight is 380 g/mol. The summed E-state index contributed by atoms with van der Waals surface area (Å²) in [5, 5.41) is 35.8. The van der Waals surface area contributed by atoms with Gasteiger partial charge in [0.15, 0.2) is 5.65 Å². The van der Waals surface area contributed by atoms with Gasteiger partial charge in [0.05, 0.1) is 18.2 Å². The minimum atomic E-state index is -0.833. The molecule has 0 radical (unpaired) electrons. The number of carboxylic acids is 2. The molecule has 0 amide bonds. The van der Waals surface area contributed by atoms with Crippen molar-refractivity contribution in [2.45, 2.75) is 13.8 Å². The van der Waals surface area contributed by atoms with Crippen molar-refractivity contribution in [3.63, 3.8) is 0 Å². The number of carboxylic acid groups (broad SMARTS) is 2. The number of fused-ring (bicyclic) bond motifs is 2. The van der Waals surface area contributed by atoms with Crippen LogP contribution in [0.1, 0.15) is 13.8 Å². The molecule has 11 nitrogen and oxygen atoms in total. The summed E-state index contributed by atoms with van der Waals surface area (Å²) >= 11 is 0. The first-order valence-corrected chi connectivity index (χ1v) is 8.38. The molecule has 4 rings (SSSR count). The maximum Gasteiger partial charge on any atom is 0.300 e. The molecule has 2 saturated heterocycles. The molecule has 11 heteroatoms. The van der Waals surface area contributed by atoms with E-state index < -0.39 is 11.9 Å². The molecular formula is C16H24N6O5. The quantitative estimate of drug-likeness (QED) is 0.461. The van der Waals surface area contributed by atoms with Gasteiger partial charge in [-0.3, -0.25) is 14.7 Å². The van der Waals surface area contributed by atoms with E-state index in [0.29, 0.717) is 5.92 Å². The Morgan fingerprint density at radius 1 is 1.30 bits per heavy atom. The van der Waals surface area contributed by atoms with Crippen molar-refractivity contribution in [2.24, 2.45) is 11.3 Å². The summed E-state index contributed by atoms with van der Waals surface area (Å²) in [6.45, 7) is 5.99. The van der Waals surface area contributed by atoms with Crippen molar-refractivity contribution in [3.05, 3.63) is 12.5 Å². The van der Waals surface area contributed by atoms with Gasteiger partial charge in [-0.1, -0.05) is 0 Å². The maximum atomic E-state index is 9.75. The lowest BCUT2D eigenvalue weighted by atomic mass is 9.82. The number of H-pyrrole nitrogens is 1. The molecule has 2 fully saturated rings. The Hall–Kier alpha value is -2.79. The van der Waals surface area contributed by atoms with Crippen LogP contribution in [0.4, 0.5) is 5.82 Å². The van der Waals surface area contributed by atoms with E-state index in [9.17, 15) is 5.11 Å². The zero-order valence-electron chi connectivity index (χ0n) is 15.2. The molecule has 2 aliphatic heterocycles. The summed E-state index contributed by atoms with van der Waals surface area (Å²) in [7, 11) is 0. The van der Waals surface area contributed by atoms with Crippen molar-refractivity contribution >= 4 is 28.8 Å². The van der Waals surface area contributed by atoms with Crippen LogP contribution in [0.25, 0.3) is 11.0 Å². The van der Waals surface area contributed by atoms with E-state index in [2.05, 4.69) is 30.4 Å². The number of hydrogen-bond acceptors (Lipinski definition) is 8. The van der Waals surface area contributed by atoms with Crippen LogP contribution in [-0.4, -0.2) is 80.2 Å². The van der Waals surface area contributed by atoms with Gasteiger partial charge in [0.1, 0.15) is 12.1 Å². The Morgan fingerprint density at radius 3 is 2.56 bits per heavy atom. The first-order chi connectivity index (χ1) is 12.8. The first-order valence-electron chi connectivity index (χ1n) is 8.38. The van der Waals surface area contributed by atoms with Crippen LogP contribution in [0.3, 0.4) is 0 Å². The van der Waals surface area contributed by atoms with E-state index in [4.69, 9.17) is 19.8 Å². The minimum Gasteiger partial charge on any atom is -0.481 e. The molecule has 4 heterocycles. The molecule has 0 spiro atoms. The first kappa shape index (κ1) is 20.5. The SMILES string of the molecule is CC(=O)O.CC(=O)O.OCC12CNCC1CN(c1ncnc3[nH]ncc13)C2. The molecule has 2 aromatic rings. The lowest BCUT2D eigenvalue weighted by molar-refractivity contribution is -0.135. The van der Waals surface area contributed by atoms with Crippen LogP contribution in [0.2, 0.25) is 0 Å². The summed E-state index contributed by atoms with van der Waals surface area (Å²) in [5.41, 5.74) is 0.735. The lowest BCUT2D eigenvalue weighted by Crippen LogP contribution is -2.36. The number of nitrogens with one attached hydrogen (secondary N) is 2. The molecule has 2 aromatic heterocycles. The number of aromatic amines is 1. The van der Waals surface area contributed by atoms with E-state index in [1.165, 1.54) is 0 Å². The van der Waals surface area contributed by atoms with Crippen molar-refractivity contribution < 1.29 is 24.9 Å². The van der Waals surface area contributed by atoms with E-state index in [1.54, 1.807) is 12.5 Å². The predicted molar refractivity (Wildman–Crippen MR) is 96.4 cm³/mol. The van der Waals surface area contributed by atoms with Gasteiger partial charge >= 0.3 is 0 Å². The molecule has 2 aliphatic rings. The highest BCUT2D eigenvalue weighted by atomic mass is 16.4. The van der Waals surface area contributed by atoms with Crippen LogP contribution in [0.5, 0.6) is 0 Å². The fourth-order valence-corrected chi connectivity index (χ4v) is 3.41. The van der Waals surface area contributed by atoms with Gasteiger partial charge in [-0.15, -0.1) is 0 Å². The van der Waals surface area contributed by atoms with Crippen molar-refractivity contribution in [3.8, 4) is 0 Å². The number of rotatable bonds is 2. The standard InChI is InChI=1S/C12H16N6O.2C2H4O2/c19-6-12-4-13-1-8(12)3-18(5-12)11-9-2-16-17-10(9)14-7-15-11;2*1-2(3)4/h2,7-8,13,19H,1,3-6H2,(H,14,15,16,17);2*1H3,(H,3,4). The molecular weight excluding hydrogens is 356 g/mol. The fraction of sp³-hybridized carbons (Fsp3) is 0.562.